The van der Waals surface area contributed by atoms with E-state index in [0.29, 0.717) is 5.82 Å². The van der Waals surface area contributed by atoms with Gasteiger partial charge in [0.15, 0.2) is 5.82 Å². The molecular formula is C52H32N4O. The van der Waals surface area contributed by atoms with Gasteiger partial charge in [0.1, 0.15) is 17.0 Å². The molecule has 0 radical (unpaired) electrons. The topological polar surface area (TPSA) is 48.8 Å². The molecule has 0 aliphatic heterocycles. The number of nitrogens with zero attached hydrogens (tertiary/aromatic N) is 4. The van der Waals surface area contributed by atoms with Crippen LogP contribution in [0.25, 0.3) is 111 Å². The fourth-order valence-corrected chi connectivity index (χ4v) is 8.81. The highest BCUT2D eigenvalue weighted by molar-refractivity contribution is 6.26. The second-order valence-electron chi connectivity index (χ2n) is 14.6. The second kappa shape index (κ2) is 12.4. The summed E-state index contributed by atoms with van der Waals surface area (Å²) in [6.45, 7) is 0. The molecule has 0 aliphatic rings. The summed E-state index contributed by atoms with van der Waals surface area (Å²) in [7, 11) is 0. The lowest BCUT2D eigenvalue weighted by atomic mass is 10.0. The standard InChI is InChI=1S/C52H32N4O/c1-3-14-33(15-4-1)34-26-28-35(29-27-34)43-32-48(54-52(53-43)42-22-13-21-40-38-19-9-12-25-47(38)57-51(40)42)56-45-24-11-8-20-41(45)49-46(56)31-30-39-37-18-7-10-23-44(37)55(50(39)49)36-16-5-2-6-17-36/h1-32H. The van der Waals surface area contributed by atoms with Crippen molar-refractivity contribution in [3.63, 3.8) is 0 Å². The van der Waals surface area contributed by atoms with E-state index in [1.807, 2.05) is 18.2 Å². The summed E-state index contributed by atoms with van der Waals surface area (Å²) in [6, 6.07) is 68.3. The molecule has 0 aliphatic carbocycles. The smallest absolute Gasteiger partial charge is 0.165 e. The minimum absolute atomic E-state index is 0.602. The molecule has 0 amide bonds. The van der Waals surface area contributed by atoms with E-state index in [1.54, 1.807) is 0 Å². The molecule has 0 spiro atoms. The first-order valence-electron chi connectivity index (χ1n) is 19.3. The van der Waals surface area contributed by atoms with Crippen LogP contribution in [0.15, 0.2) is 199 Å². The molecule has 0 saturated carbocycles. The average molecular weight is 729 g/mol. The Balaban J connectivity index is 1.16. The van der Waals surface area contributed by atoms with Crippen molar-refractivity contribution in [1.29, 1.82) is 0 Å². The average Bonchev–Trinajstić information content (AvgIpc) is 3.95. The number of hydrogen-bond donors (Lipinski definition) is 0. The fourth-order valence-electron chi connectivity index (χ4n) is 8.81. The molecule has 12 aromatic rings. The summed E-state index contributed by atoms with van der Waals surface area (Å²) in [5.74, 6) is 1.38. The van der Waals surface area contributed by atoms with Crippen molar-refractivity contribution in [1.82, 2.24) is 19.1 Å². The highest BCUT2D eigenvalue weighted by Gasteiger charge is 2.23. The van der Waals surface area contributed by atoms with Crippen LogP contribution in [0.5, 0.6) is 0 Å². The van der Waals surface area contributed by atoms with Crippen molar-refractivity contribution in [2.75, 3.05) is 0 Å². The van der Waals surface area contributed by atoms with Gasteiger partial charge in [-0.3, -0.25) is 4.57 Å². The van der Waals surface area contributed by atoms with E-state index >= 15 is 0 Å². The zero-order valence-electron chi connectivity index (χ0n) is 30.7. The molecule has 5 heteroatoms. The summed E-state index contributed by atoms with van der Waals surface area (Å²) in [5.41, 5.74) is 12.2. The van der Waals surface area contributed by atoms with Crippen molar-refractivity contribution >= 4 is 65.6 Å². The quantitative estimate of drug-likeness (QED) is 0.177. The minimum atomic E-state index is 0.602. The van der Waals surface area contributed by atoms with Crippen LogP contribution in [0.1, 0.15) is 0 Å². The van der Waals surface area contributed by atoms with Gasteiger partial charge in [-0.15, -0.1) is 0 Å². The number of benzene rings is 8. The van der Waals surface area contributed by atoms with E-state index in [9.17, 15) is 0 Å². The maximum absolute atomic E-state index is 6.56. The highest BCUT2D eigenvalue weighted by Crippen LogP contribution is 2.43. The van der Waals surface area contributed by atoms with Crippen molar-refractivity contribution in [2.24, 2.45) is 0 Å². The van der Waals surface area contributed by atoms with Crippen molar-refractivity contribution in [3.8, 4) is 45.3 Å². The van der Waals surface area contributed by atoms with E-state index in [2.05, 4.69) is 185 Å². The van der Waals surface area contributed by atoms with Gasteiger partial charge in [-0.05, 0) is 53.6 Å². The van der Waals surface area contributed by atoms with Gasteiger partial charge in [-0.2, -0.15) is 0 Å². The predicted octanol–water partition coefficient (Wildman–Crippen LogP) is 13.6. The lowest BCUT2D eigenvalue weighted by Gasteiger charge is -2.13. The number of furan rings is 1. The molecule has 4 aromatic heterocycles. The van der Waals surface area contributed by atoms with Gasteiger partial charge in [0.05, 0.1) is 33.3 Å². The van der Waals surface area contributed by atoms with Crippen molar-refractivity contribution in [2.45, 2.75) is 0 Å². The van der Waals surface area contributed by atoms with Crippen LogP contribution in [0.3, 0.4) is 0 Å². The molecule has 0 bridgehead atoms. The van der Waals surface area contributed by atoms with E-state index in [4.69, 9.17) is 14.4 Å². The summed E-state index contributed by atoms with van der Waals surface area (Å²) >= 11 is 0. The van der Waals surface area contributed by atoms with E-state index in [1.165, 1.54) is 32.8 Å². The third-order valence-electron chi connectivity index (χ3n) is 11.4. The van der Waals surface area contributed by atoms with E-state index in [-0.39, 0.29) is 0 Å². The summed E-state index contributed by atoms with van der Waals surface area (Å²) in [4.78, 5) is 10.8. The molecule has 12 rings (SSSR count). The van der Waals surface area contributed by atoms with Gasteiger partial charge in [0.2, 0.25) is 0 Å². The molecule has 0 unspecified atom stereocenters. The zero-order valence-corrected chi connectivity index (χ0v) is 30.7. The van der Waals surface area contributed by atoms with Crippen LogP contribution >= 0.6 is 0 Å². The molecule has 0 saturated heterocycles. The molecular weight excluding hydrogens is 697 g/mol. The summed E-state index contributed by atoms with van der Waals surface area (Å²) in [5, 5.41) is 6.88. The first-order chi connectivity index (χ1) is 28.3. The SMILES string of the molecule is c1ccc(-c2ccc(-c3cc(-n4c5ccccc5c5c4ccc4c6ccccc6n(-c6ccccc6)c45)nc(-c4cccc5c4oc4ccccc45)n3)cc2)cc1. The van der Waals surface area contributed by atoms with Gasteiger partial charge in [-0.25, -0.2) is 9.97 Å². The number of rotatable bonds is 5. The lowest BCUT2D eigenvalue weighted by molar-refractivity contribution is 0.669. The Morgan fingerprint density at radius 2 is 1.04 bits per heavy atom. The Morgan fingerprint density at radius 3 is 1.84 bits per heavy atom. The first kappa shape index (κ1) is 31.6. The Kier molecular flexibility index (Phi) is 6.86. The summed E-state index contributed by atoms with van der Waals surface area (Å²) in [6.07, 6.45) is 0. The monoisotopic (exact) mass is 728 g/mol. The molecule has 4 heterocycles. The van der Waals surface area contributed by atoms with Crippen LogP contribution < -0.4 is 0 Å². The molecule has 266 valence electrons. The molecule has 57 heavy (non-hydrogen) atoms. The minimum Gasteiger partial charge on any atom is -0.455 e. The van der Waals surface area contributed by atoms with Gasteiger partial charge in [0.25, 0.3) is 0 Å². The molecule has 0 fully saturated rings. The molecule has 0 N–H and O–H groups in total. The number of fused-ring (bicyclic) bond motifs is 10. The van der Waals surface area contributed by atoms with Crippen molar-refractivity contribution < 1.29 is 4.42 Å². The van der Waals surface area contributed by atoms with Gasteiger partial charge in [-0.1, -0.05) is 146 Å². The summed E-state index contributed by atoms with van der Waals surface area (Å²) < 4.78 is 11.3. The van der Waals surface area contributed by atoms with Crippen LogP contribution in [-0.4, -0.2) is 19.1 Å². The normalized spacial score (nSPS) is 11.9. The fraction of sp³-hybridized carbons (Fsp3) is 0. The van der Waals surface area contributed by atoms with Gasteiger partial charge >= 0.3 is 0 Å². The number of para-hydroxylation sites is 5. The third-order valence-corrected chi connectivity index (χ3v) is 11.4. The maximum atomic E-state index is 6.56. The lowest BCUT2D eigenvalue weighted by Crippen LogP contribution is -2.02. The van der Waals surface area contributed by atoms with Gasteiger partial charge < -0.3 is 8.98 Å². The highest BCUT2D eigenvalue weighted by atomic mass is 16.3. The Bertz CT molecular complexity index is 3500. The number of hydrogen-bond acceptors (Lipinski definition) is 3. The Morgan fingerprint density at radius 1 is 0.404 bits per heavy atom. The molecule has 8 aromatic carbocycles. The van der Waals surface area contributed by atoms with Crippen molar-refractivity contribution in [3.05, 3.63) is 194 Å². The molecule has 0 atom stereocenters. The van der Waals surface area contributed by atoms with E-state index in [0.717, 1.165) is 72.2 Å². The maximum Gasteiger partial charge on any atom is 0.165 e. The van der Waals surface area contributed by atoms with Gasteiger partial charge in [0, 0.05) is 49.6 Å². The largest absolute Gasteiger partial charge is 0.455 e. The second-order valence-corrected chi connectivity index (χ2v) is 14.6. The van der Waals surface area contributed by atoms with Crippen LogP contribution in [-0.2, 0) is 0 Å². The van der Waals surface area contributed by atoms with Crippen LogP contribution in [0.2, 0.25) is 0 Å². The number of aromatic nitrogens is 4. The predicted molar refractivity (Wildman–Crippen MR) is 234 cm³/mol. The Labute approximate surface area is 327 Å². The van der Waals surface area contributed by atoms with Crippen LogP contribution in [0.4, 0.5) is 0 Å². The first-order valence-corrected chi connectivity index (χ1v) is 19.3. The third kappa shape index (κ3) is 4.82. The van der Waals surface area contributed by atoms with Crippen LogP contribution in [0, 0.1) is 0 Å². The van der Waals surface area contributed by atoms with E-state index < -0.39 is 0 Å². The Hall–Kier alpha value is -7.76. The molecule has 5 nitrogen and oxygen atoms in total. The zero-order chi connectivity index (χ0) is 37.5.